The zero-order chi connectivity index (χ0) is 20.1. The Labute approximate surface area is 185 Å². The summed E-state index contributed by atoms with van der Waals surface area (Å²) in [6.45, 7) is 0. The van der Waals surface area contributed by atoms with Gasteiger partial charge in [0.15, 0.2) is 5.11 Å². The molecular weight excluding hydrogens is 483 g/mol. The van der Waals surface area contributed by atoms with Crippen LogP contribution in [0.5, 0.6) is 0 Å². The molecule has 0 saturated heterocycles. The van der Waals surface area contributed by atoms with Crippen molar-refractivity contribution in [2.75, 3.05) is 5.32 Å². The number of nitrogens with one attached hydrogen (secondary N) is 2. The molecule has 0 spiro atoms. The zero-order valence-corrected chi connectivity index (χ0v) is 18.1. The van der Waals surface area contributed by atoms with Crippen LogP contribution in [0.2, 0.25) is 10.0 Å². The van der Waals surface area contributed by atoms with Crippen molar-refractivity contribution in [2.24, 2.45) is 0 Å². The highest BCUT2D eigenvalue weighted by atomic mass is 79.9. The normalized spacial score (nSPS) is 10.8. The Bertz CT molecular complexity index is 1070. The third kappa shape index (κ3) is 5.23. The fourth-order valence-electron chi connectivity index (χ4n) is 2.31. The lowest BCUT2D eigenvalue weighted by Crippen LogP contribution is -2.32. The molecule has 0 aliphatic heterocycles. The minimum absolute atomic E-state index is 0.187. The molecule has 3 rings (SSSR count). The summed E-state index contributed by atoms with van der Waals surface area (Å²) in [5.41, 5.74) is 1.43. The van der Waals surface area contributed by atoms with Gasteiger partial charge < -0.3 is 9.73 Å². The van der Waals surface area contributed by atoms with Crippen molar-refractivity contribution in [2.45, 2.75) is 0 Å². The lowest BCUT2D eigenvalue weighted by atomic mass is 10.2. The summed E-state index contributed by atoms with van der Waals surface area (Å²) in [5.74, 6) is 0.660. The number of rotatable bonds is 4. The molecule has 0 atom stereocenters. The van der Waals surface area contributed by atoms with Crippen LogP contribution in [0.3, 0.4) is 0 Å². The molecule has 1 amide bonds. The molecule has 28 heavy (non-hydrogen) atoms. The number of carbonyl (C=O) groups excluding carboxylic acids is 1. The molecule has 1 aromatic heterocycles. The molecule has 0 radical (unpaired) electrons. The third-order valence-corrected chi connectivity index (χ3v) is 5.32. The molecule has 0 aliphatic carbocycles. The molecule has 2 aromatic carbocycles. The maximum atomic E-state index is 12.1. The number of amides is 1. The number of anilines is 1. The van der Waals surface area contributed by atoms with Crippen LogP contribution in [0, 0.1) is 0 Å². The van der Waals surface area contributed by atoms with Gasteiger partial charge in [0, 0.05) is 16.1 Å². The quantitative estimate of drug-likeness (QED) is 0.318. The number of hydrogen-bond acceptors (Lipinski definition) is 3. The first-order valence-corrected chi connectivity index (χ1v) is 9.98. The van der Waals surface area contributed by atoms with Gasteiger partial charge >= 0.3 is 0 Å². The van der Waals surface area contributed by atoms with Gasteiger partial charge in [-0.25, -0.2) is 0 Å². The fourth-order valence-corrected chi connectivity index (χ4v) is 3.30. The van der Waals surface area contributed by atoms with Crippen molar-refractivity contribution in [3.05, 3.63) is 81.0 Å². The largest absolute Gasteiger partial charge is 0.457 e. The van der Waals surface area contributed by atoms with Gasteiger partial charge in [-0.1, -0.05) is 41.4 Å². The van der Waals surface area contributed by atoms with E-state index in [0.29, 0.717) is 27.1 Å². The lowest BCUT2D eigenvalue weighted by Gasteiger charge is -2.09. The van der Waals surface area contributed by atoms with E-state index in [2.05, 4.69) is 26.6 Å². The summed E-state index contributed by atoms with van der Waals surface area (Å²) in [7, 11) is 0. The van der Waals surface area contributed by atoms with E-state index >= 15 is 0 Å². The smallest absolute Gasteiger partial charge is 0.250 e. The van der Waals surface area contributed by atoms with Crippen molar-refractivity contribution in [3.8, 4) is 11.3 Å². The van der Waals surface area contributed by atoms with Gasteiger partial charge in [-0.15, -0.1) is 0 Å². The van der Waals surface area contributed by atoms with Crippen LogP contribution in [0.25, 0.3) is 17.4 Å². The monoisotopic (exact) mass is 494 g/mol. The molecule has 3 aromatic rings. The average molecular weight is 496 g/mol. The second kappa shape index (κ2) is 9.39. The van der Waals surface area contributed by atoms with Gasteiger partial charge in [-0.05, 0) is 70.6 Å². The molecule has 4 nitrogen and oxygen atoms in total. The Kier molecular flexibility index (Phi) is 6.91. The van der Waals surface area contributed by atoms with E-state index in [0.717, 1.165) is 10.2 Å². The fraction of sp³-hybridized carbons (Fsp3) is 0. The molecule has 0 bridgehead atoms. The van der Waals surface area contributed by atoms with Crippen molar-refractivity contribution in [3.63, 3.8) is 0 Å². The summed E-state index contributed by atoms with van der Waals surface area (Å²) in [4.78, 5) is 12.1. The van der Waals surface area contributed by atoms with Gasteiger partial charge in [-0.2, -0.15) is 0 Å². The topological polar surface area (TPSA) is 54.3 Å². The standard InChI is InChI=1S/C20H13BrCl2N2O2S/c21-14-5-1-2-7-16(14)24-20(28)25-18(26)11-9-12-8-10-17(27-12)13-4-3-6-15(22)19(13)23/h1-11H,(H2,24,25,26,28). The van der Waals surface area contributed by atoms with Gasteiger partial charge in [-0.3, -0.25) is 10.1 Å². The summed E-state index contributed by atoms with van der Waals surface area (Å²) in [5, 5.41) is 6.56. The Morgan fingerprint density at radius 1 is 1.07 bits per heavy atom. The van der Waals surface area contributed by atoms with Crippen molar-refractivity contribution in [1.82, 2.24) is 5.32 Å². The molecule has 0 aliphatic rings. The number of carbonyl (C=O) groups is 1. The van der Waals surface area contributed by atoms with E-state index in [-0.39, 0.29) is 11.0 Å². The zero-order valence-electron chi connectivity index (χ0n) is 14.2. The van der Waals surface area contributed by atoms with Crippen LogP contribution in [0.15, 0.2) is 69.6 Å². The Morgan fingerprint density at radius 3 is 2.64 bits per heavy atom. The lowest BCUT2D eigenvalue weighted by molar-refractivity contribution is -0.115. The highest BCUT2D eigenvalue weighted by molar-refractivity contribution is 9.10. The van der Waals surface area contributed by atoms with Crippen LogP contribution >= 0.6 is 51.3 Å². The minimum Gasteiger partial charge on any atom is -0.457 e. The molecule has 142 valence electrons. The van der Waals surface area contributed by atoms with E-state index in [1.807, 2.05) is 24.3 Å². The third-order valence-electron chi connectivity index (χ3n) is 3.60. The van der Waals surface area contributed by atoms with Crippen LogP contribution in [-0.2, 0) is 4.79 Å². The van der Waals surface area contributed by atoms with E-state index in [9.17, 15) is 4.79 Å². The van der Waals surface area contributed by atoms with Crippen molar-refractivity contribution >= 4 is 74.1 Å². The summed E-state index contributed by atoms with van der Waals surface area (Å²) >= 11 is 20.8. The van der Waals surface area contributed by atoms with Crippen molar-refractivity contribution in [1.29, 1.82) is 0 Å². The van der Waals surface area contributed by atoms with Gasteiger partial charge in [0.2, 0.25) is 5.91 Å². The average Bonchev–Trinajstić information content (AvgIpc) is 3.13. The van der Waals surface area contributed by atoms with Crippen LogP contribution in [0.1, 0.15) is 5.76 Å². The summed E-state index contributed by atoms with van der Waals surface area (Å²) in [6, 6.07) is 16.2. The van der Waals surface area contributed by atoms with E-state index in [1.54, 1.807) is 36.4 Å². The van der Waals surface area contributed by atoms with Gasteiger partial charge in [0.05, 0.1) is 15.7 Å². The molecule has 0 saturated carbocycles. The van der Waals surface area contributed by atoms with Crippen LogP contribution < -0.4 is 10.6 Å². The number of halogens is 3. The van der Waals surface area contributed by atoms with E-state index < -0.39 is 0 Å². The summed E-state index contributed by atoms with van der Waals surface area (Å²) < 4.78 is 6.55. The molecule has 8 heteroatoms. The highest BCUT2D eigenvalue weighted by Crippen LogP contribution is 2.34. The molecule has 2 N–H and O–H groups in total. The second-order valence-corrected chi connectivity index (χ2v) is 7.61. The molecular formula is C20H13BrCl2N2O2S. The van der Waals surface area contributed by atoms with Crippen LogP contribution in [-0.4, -0.2) is 11.0 Å². The van der Waals surface area contributed by atoms with Gasteiger partial charge in [0.25, 0.3) is 0 Å². The Hall–Kier alpha value is -2.12. The maximum absolute atomic E-state index is 12.1. The first-order valence-electron chi connectivity index (χ1n) is 8.03. The predicted octanol–water partition coefficient (Wildman–Crippen LogP) is 6.54. The number of thiocarbonyl (C=S) groups is 1. The number of para-hydroxylation sites is 1. The second-order valence-electron chi connectivity index (χ2n) is 5.56. The van der Waals surface area contributed by atoms with E-state index in [1.165, 1.54) is 6.08 Å². The van der Waals surface area contributed by atoms with Gasteiger partial charge in [0.1, 0.15) is 11.5 Å². The minimum atomic E-state index is -0.386. The first kappa shape index (κ1) is 20.6. The van der Waals surface area contributed by atoms with Crippen LogP contribution in [0.4, 0.5) is 5.69 Å². The molecule has 1 heterocycles. The molecule has 0 unspecified atom stereocenters. The summed E-state index contributed by atoms with van der Waals surface area (Å²) in [6.07, 6.45) is 2.87. The van der Waals surface area contributed by atoms with Crippen molar-refractivity contribution < 1.29 is 9.21 Å². The Balaban J connectivity index is 1.62. The molecule has 0 fully saturated rings. The Morgan fingerprint density at radius 2 is 1.86 bits per heavy atom. The maximum Gasteiger partial charge on any atom is 0.250 e. The van der Waals surface area contributed by atoms with E-state index in [4.69, 9.17) is 39.8 Å². The number of hydrogen-bond donors (Lipinski definition) is 2. The highest BCUT2D eigenvalue weighted by Gasteiger charge is 2.10. The number of furan rings is 1. The predicted molar refractivity (Wildman–Crippen MR) is 122 cm³/mol. The first-order chi connectivity index (χ1) is 13.4. The SMILES string of the molecule is O=C(C=Cc1ccc(-c2cccc(Cl)c2Cl)o1)NC(=S)Nc1ccccc1Br. The number of benzene rings is 2.